The van der Waals surface area contributed by atoms with Gasteiger partial charge in [0.05, 0.1) is 10.8 Å². The molecule has 210 valence electrons. The van der Waals surface area contributed by atoms with Crippen LogP contribution in [0, 0.1) is 0 Å². The van der Waals surface area contributed by atoms with Gasteiger partial charge in [0.15, 0.2) is 0 Å². The van der Waals surface area contributed by atoms with Crippen LogP contribution in [0.1, 0.15) is 128 Å². The first-order valence-electron chi connectivity index (χ1n) is 15.1. The summed E-state index contributed by atoms with van der Waals surface area (Å²) in [4.78, 5) is 0. The van der Waals surface area contributed by atoms with Crippen LogP contribution >= 0.6 is 7.92 Å². The van der Waals surface area contributed by atoms with Crippen LogP contribution in [0.4, 0.5) is 0 Å². The molecule has 0 N–H and O–H groups in total. The van der Waals surface area contributed by atoms with Gasteiger partial charge < -0.3 is 0 Å². The van der Waals surface area contributed by atoms with Crippen molar-refractivity contribution in [3.63, 3.8) is 0 Å². The first kappa shape index (κ1) is 30.0. The highest BCUT2D eigenvalue weighted by Gasteiger charge is 2.37. The van der Waals surface area contributed by atoms with E-state index in [9.17, 15) is 4.21 Å². The summed E-state index contributed by atoms with van der Waals surface area (Å²) < 4.78 is 15.8. The molecular formula is C34H52NOPS. The molecule has 2 atom stereocenters. The highest BCUT2D eigenvalue weighted by Crippen LogP contribution is 2.56. The summed E-state index contributed by atoms with van der Waals surface area (Å²) in [6.07, 6.45) is 14.0. The summed E-state index contributed by atoms with van der Waals surface area (Å²) >= 11 is 0. The second-order valence-electron chi connectivity index (χ2n) is 13.7. The zero-order chi connectivity index (χ0) is 27.5. The Bertz CT molecular complexity index is 1040. The van der Waals surface area contributed by atoms with Crippen molar-refractivity contribution in [1.29, 1.82) is 0 Å². The largest absolute Gasteiger partial charge is 0.242 e. The summed E-state index contributed by atoms with van der Waals surface area (Å²) in [5.74, 6) is 0. The standard InChI is InChI=1S/C34H52NOPS/c1-33(2,3)27-24-22-26(23-25-27)32(35(7)38(36)34(4,5)6)30-20-14-15-21-31(30)37(28-16-10-8-11-17-28)29-18-12-9-13-19-29/h14-15,20-25,28-29,32H,8-13,16-19H2,1-7H3/t32-,38?/m0/s1. The van der Waals surface area contributed by atoms with E-state index < -0.39 is 11.0 Å². The molecule has 0 aliphatic heterocycles. The average Bonchev–Trinajstić information content (AvgIpc) is 2.90. The molecule has 0 aromatic heterocycles. The molecule has 0 amide bonds. The fraction of sp³-hybridized carbons (Fsp3) is 0.647. The predicted octanol–water partition coefficient (Wildman–Crippen LogP) is 9.24. The quantitative estimate of drug-likeness (QED) is 0.313. The van der Waals surface area contributed by atoms with E-state index in [2.05, 4.69) is 101 Å². The molecule has 2 aliphatic carbocycles. The normalized spacial score (nSPS) is 20.1. The van der Waals surface area contributed by atoms with Gasteiger partial charge in [-0.2, -0.15) is 0 Å². The predicted molar refractivity (Wildman–Crippen MR) is 169 cm³/mol. The lowest BCUT2D eigenvalue weighted by Crippen LogP contribution is -2.39. The van der Waals surface area contributed by atoms with E-state index in [0.29, 0.717) is 0 Å². The van der Waals surface area contributed by atoms with Gasteiger partial charge in [-0.3, -0.25) is 0 Å². The Morgan fingerprint density at radius 3 is 1.74 bits per heavy atom. The topological polar surface area (TPSA) is 20.3 Å². The minimum atomic E-state index is -1.13. The first-order chi connectivity index (χ1) is 18.0. The third-order valence-corrected chi connectivity index (χ3v) is 14.0. The van der Waals surface area contributed by atoms with Gasteiger partial charge in [-0.05, 0) is 85.2 Å². The van der Waals surface area contributed by atoms with Crippen molar-refractivity contribution in [2.75, 3.05) is 7.05 Å². The van der Waals surface area contributed by atoms with Crippen molar-refractivity contribution >= 4 is 24.2 Å². The van der Waals surface area contributed by atoms with Crippen molar-refractivity contribution in [1.82, 2.24) is 4.31 Å². The van der Waals surface area contributed by atoms with Gasteiger partial charge >= 0.3 is 0 Å². The highest BCUT2D eigenvalue weighted by molar-refractivity contribution is 7.84. The molecule has 0 saturated heterocycles. The van der Waals surface area contributed by atoms with Crippen LogP contribution in [0.15, 0.2) is 48.5 Å². The van der Waals surface area contributed by atoms with Gasteiger partial charge in [0.25, 0.3) is 0 Å². The zero-order valence-electron chi connectivity index (χ0n) is 25.1. The Kier molecular flexibility index (Phi) is 9.97. The highest BCUT2D eigenvalue weighted by atomic mass is 32.2. The average molecular weight is 554 g/mol. The molecule has 2 saturated carbocycles. The monoisotopic (exact) mass is 553 g/mol. The van der Waals surface area contributed by atoms with Gasteiger partial charge in [0.2, 0.25) is 0 Å². The minimum absolute atomic E-state index is 0.0162. The van der Waals surface area contributed by atoms with Crippen LogP contribution in [0.2, 0.25) is 0 Å². The summed E-state index contributed by atoms with van der Waals surface area (Å²) in [6.45, 7) is 13.1. The number of benzene rings is 2. The summed E-state index contributed by atoms with van der Waals surface area (Å²) in [6, 6.07) is 18.5. The summed E-state index contributed by atoms with van der Waals surface area (Å²) in [5, 5.41) is 1.60. The summed E-state index contributed by atoms with van der Waals surface area (Å²) in [7, 11) is 0.703. The Morgan fingerprint density at radius 2 is 1.26 bits per heavy atom. The van der Waals surface area contributed by atoms with E-state index in [1.165, 1.54) is 80.9 Å². The Labute approximate surface area is 237 Å². The smallest absolute Gasteiger partial charge is 0.100 e. The van der Waals surface area contributed by atoms with E-state index in [1.54, 1.807) is 5.30 Å². The van der Waals surface area contributed by atoms with Crippen LogP contribution in [0.25, 0.3) is 0 Å². The third kappa shape index (κ3) is 7.00. The molecular weight excluding hydrogens is 501 g/mol. The van der Waals surface area contributed by atoms with E-state index in [4.69, 9.17) is 0 Å². The molecule has 2 nitrogen and oxygen atoms in total. The number of hydrogen-bond acceptors (Lipinski definition) is 1. The maximum absolute atomic E-state index is 13.9. The molecule has 1 unspecified atom stereocenters. The van der Waals surface area contributed by atoms with Crippen LogP contribution in [-0.2, 0) is 16.4 Å². The Morgan fingerprint density at radius 1 is 0.763 bits per heavy atom. The minimum Gasteiger partial charge on any atom is -0.242 e. The van der Waals surface area contributed by atoms with E-state index in [-0.39, 0.29) is 24.1 Å². The lowest BCUT2D eigenvalue weighted by molar-refractivity contribution is 0.440. The first-order valence-corrected chi connectivity index (χ1v) is 17.7. The molecule has 0 bridgehead atoms. The van der Waals surface area contributed by atoms with Gasteiger partial charge in [-0.25, -0.2) is 8.51 Å². The molecule has 4 heteroatoms. The van der Waals surface area contributed by atoms with Crippen LogP contribution in [-0.4, -0.2) is 31.6 Å². The van der Waals surface area contributed by atoms with Crippen LogP contribution in [0.3, 0.4) is 0 Å². The van der Waals surface area contributed by atoms with E-state index in [1.807, 2.05) is 0 Å². The molecule has 4 rings (SSSR count). The second kappa shape index (κ2) is 12.7. The fourth-order valence-corrected chi connectivity index (χ4v) is 11.9. The molecule has 38 heavy (non-hydrogen) atoms. The summed E-state index contributed by atoms with van der Waals surface area (Å²) in [5.41, 5.74) is 5.80. The number of nitrogens with zero attached hydrogens (tertiary/aromatic N) is 1. The maximum atomic E-state index is 13.9. The second-order valence-corrected chi connectivity index (χ2v) is 18.8. The molecule has 2 aromatic rings. The molecule has 0 heterocycles. The molecule has 0 radical (unpaired) electrons. The maximum Gasteiger partial charge on any atom is 0.100 e. The van der Waals surface area contributed by atoms with E-state index >= 15 is 0 Å². The lowest BCUT2D eigenvalue weighted by atomic mass is 9.86. The van der Waals surface area contributed by atoms with Crippen molar-refractivity contribution in [3.8, 4) is 0 Å². The van der Waals surface area contributed by atoms with Gasteiger partial charge in [-0.15, -0.1) is 0 Å². The molecule has 2 aliphatic rings. The van der Waals surface area contributed by atoms with E-state index in [0.717, 1.165) is 11.3 Å². The zero-order valence-corrected chi connectivity index (χ0v) is 26.8. The van der Waals surface area contributed by atoms with Crippen molar-refractivity contribution in [3.05, 3.63) is 65.2 Å². The van der Waals surface area contributed by atoms with Crippen molar-refractivity contribution in [2.45, 2.75) is 133 Å². The molecule has 2 aromatic carbocycles. The van der Waals surface area contributed by atoms with Gasteiger partial charge in [0.1, 0.15) is 11.0 Å². The number of rotatable bonds is 7. The Hall–Kier alpha value is -1.02. The third-order valence-electron chi connectivity index (χ3n) is 8.69. The number of hydrogen-bond donors (Lipinski definition) is 0. The lowest BCUT2D eigenvalue weighted by Gasteiger charge is -2.41. The van der Waals surface area contributed by atoms with Gasteiger partial charge in [0, 0.05) is 7.05 Å². The fourth-order valence-electron chi connectivity index (χ4n) is 6.64. The van der Waals surface area contributed by atoms with Crippen molar-refractivity contribution < 1.29 is 4.21 Å². The SMILES string of the molecule is CN([C@@H](c1ccc(C(C)(C)C)cc1)c1ccccc1P(C1CCCCC1)C1CCCCC1)S(=O)C(C)(C)C. The van der Waals surface area contributed by atoms with Crippen LogP contribution in [0.5, 0.6) is 0 Å². The Balaban J connectivity index is 1.84. The van der Waals surface area contributed by atoms with Gasteiger partial charge in [-0.1, -0.05) is 116 Å². The molecule has 2 fully saturated rings. The molecule has 0 spiro atoms. The van der Waals surface area contributed by atoms with Crippen molar-refractivity contribution in [2.24, 2.45) is 0 Å². The van der Waals surface area contributed by atoms with Crippen LogP contribution < -0.4 is 5.30 Å².